The molecule has 0 saturated heterocycles. The van der Waals surface area contributed by atoms with E-state index in [-0.39, 0.29) is 23.0 Å². The maximum atomic E-state index is 11.2. The van der Waals surface area contributed by atoms with E-state index in [0.717, 1.165) is 18.4 Å². The van der Waals surface area contributed by atoms with E-state index in [2.05, 4.69) is 46.9 Å². The van der Waals surface area contributed by atoms with E-state index in [4.69, 9.17) is 4.43 Å². The fourth-order valence-corrected chi connectivity index (χ4v) is 6.50. The van der Waals surface area contributed by atoms with E-state index in [1.165, 1.54) is 32.1 Å². The first-order valence-corrected chi connectivity index (χ1v) is 14.1. The molecule has 28 heavy (non-hydrogen) atoms. The van der Waals surface area contributed by atoms with Crippen LogP contribution in [0.3, 0.4) is 0 Å². The van der Waals surface area contributed by atoms with Crippen LogP contribution in [0, 0.1) is 11.8 Å². The molecule has 0 radical (unpaired) electrons. The predicted octanol–water partition coefficient (Wildman–Crippen LogP) is 5.91. The van der Waals surface area contributed by atoms with Gasteiger partial charge in [0.05, 0.1) is 18.1 Å². The van der Waals surface area contributed by atoms with Crippen LogP contribution in [0.2, 0.25) is 18.1 Å². The van der Waals surface area contributed by atoms with Crippen LogP contribution >= 0.6 is 0 Å². The predicted molar refractivity (Wildman–Crippen MR) is 117 cm³/mol. The van der Waals surface area contributed by atoms with Gasteiger partial charge < -0.3 is 14.6 Å². The van der Waals surface area contributed by atoms with Crippen LogP contribution in [0.25, 0.3) is 0 Å². The van der Waals surface area contributed by atoms with Crippen molar-refractivity contribution in [3.63, 3.8) is 0 Å². The lowest BCUT2D eigenvalue weighted by Gasteiger charge is -2.49. The molecule has 2 aliphatic carbocycles. The van der Waals surface area contributed by atoms with Crippen molar-refractivity contribution in [2.75, 3.05) is 0 Å². The van der Waals surface area contributed by atoms with Crippen molar-refractivity contribution in [1.29, 1.82) is 0 Å². The van der Waals surface area contributed by atoms with Crippen molar-refractivity contribution in [3.8, 4) is 0 Å². The first-order chi connectivity index (χ1) is 12.9. The number of aliphatic hydroxyl groups excluding tert-OH is 1. The van der Waals surface area contributed by atoms with Crippen LogP contribution in [0.1, 0.15) is 85.5 Å². The average molecular weight is 411 g/mol. The molecule has 4 nitrogen and oxygen atoms in total. The maximum Gasteiger partial charge on any atom is 0.304 e. The van der Waals surface area contributed by atoms with E-state index in [0.29, 0.717) is 12.3 Å². The molecule has 0 aromatic heterocycles. The van der Waals surface area contributed by atoms with Gasteiger partial charge in [-0.1, -0.05) is 51.7 Å². The van der Waals surface area contributed by atoms with E-state index in [9.17, 15) is 15.0 Å². The van der Waals surface area contributed by atoms with Gasteiger partial charge in [-0.2, -0.15) is 0 Å². The van der Waals surface area contributed by atoms with Crippen molar-refractivity contribution in [2.45, 2.75) is 115 Å². The highest BCUT2D eigenvalue weighted by molar-refractivity contribution is 6.74. The van der Waals surface area contributed by atoms with Crippen LogP contribution in [-0.2, 0) is 9.22 Å². The third-order valence-electron chi connectivity index (χ3n) is 7.63. The molecule has 1 fully saturated rings. The second-order valence-corrected chi connectivity index (χ2v) is 15.5. The van der Waals surface area contributed by atoms with E-state index < -0.39 is 20.4 Å². The third-order valence-corrected chi connectivity index (χ3v) is 12.2. The summed E-state index contributed by atoms with van der Waals surface area (Å²) >= 11 is 0. The molecule has 2 N–H and O–H groups in total. The smallest absolute Gasteiger partial charge is 0.304 e. The van der Waals surface area contributed by atoms with Crippen molar-refractivity contribution in [2.24, 2.45) is 11.8 Å². The zero-order valence-electron chi connectivity index (χ0n) is 18.9. The average Bonchev–Trinajstić information content (AvgIpc) is 2.92. The zero-order chi connectivity index (χ0) is 21.2. The van der Waals surface area contributed by atoms with E-state index in [1.54, 1.807) is 0 Å². The highest BCUT2D eigenvalue weighted by Crippen LogP contribution is 2.46. The van der Waals surface area contributed by atoms with Gasteiger partial charge in [0.25, 0.3) is 0 Å². The monoisotopic (exact) mass is 410 g/mol. The summed E-state index contributed by atoms with van der Waals surface area (Å²) in [4.78, 5) is 11.2. The molecule has 0 bridgehead atoms. The SMILES string of the molecule is CC(CCC1=CCC(O)C1CC(=O)O)(O[Si](C)(C)C(C)(C)C)C1CCCCC1. The molecule has 2 rings (SSSR count). The summed E-state index contributed by atoms with van der Waals surface area (Å²) in [6.45, 7) is 13.8. The quantitative estimate of drug-likeness (QED) is 0.385. The molecular weight excluding hydrogens is 368 g/mol. The fraction of sp³-hybridized carbons (Fsp3) is 0.870. The van der Waals surface area contributed by atoms with Crippen LogP contribution in [0.5, 0.6) is 0 Å². The van der Waals surface area contributed by atoms with E-state index >= 15 is 0 Å². The van der Waals surface area contributed by atoms with Gasteiger partial charge in [0, 0.05) is 5.92 Å². The molecular formula is C23H42O4Si. The normalized spacial score (nSPS) is 26.8. The van der Waals surface area contributed by atoms with Crippen LogP contribution < -0.4 is 0 Å². The first kappa shape index (κ1) is 23.6. The highest BCUT2D eigenvalue weighted by Gasteiger charge is 2.46. The molecule has 0 heterocycles. The number of hydrogen-bond acceptors (Lipinski definition) is 3. The van der Waals surface area contributed by atoms with Gasteiger partial charge in [0.2, 0.25) is 0 Å². The Labute approximate surface area is 172 Å². The Bertz CT molecular complexity index is 572. The maximum absolute atomic E-state index is 11.2. The lowest BCUT2D eigenvalue weighted by atomic mass is 9.75. The van der Waals surface area contributed by atoms with Crippen molar-refractivity contribution >= 4 is 14.3 Å². The van der Waals surface area contributed by atoms with Crippen LogP contribution in [0.4, 0.5) is 0 Å². The topological polar surface area (TPSA) is 66.8 Å². The van der Waals surface area contributed by atoms with Crippen molar-refractivity contribution in [3.05, 3.63) is 11.6 Å². The molecule has 3 atom stereocenters. The number of carboxylic acid groups (broad SMARTS) is 1. The Kier molecular flexibility index (Phi) is 7.60. The van der Waals surface area contributed by atoms with Gasteiger partial charge in [0.1, 0.15) is 0 Å². The number of hydrogen-bond donors (Lipinski definition) is 2. The summed E-state index contributed by atoms with van der Waals surface area (Å²) in [7, 11) is -1.92. The molecule has 0 aromatic rings. The van der Waals surface area contributed by atoms with Crippen LogP contribution in [0.15, 0.2) is 11.6 Å². The number of carbonyl (C=O) groups is 1. The fourth-order valence-electron chi connectivity index (χ4n) is 4.76. The Hall–Kier alpha value is -0.653. The summed E-state index contributed by atoms with van der Waals surface area (Å²) in [6, 6.07) is 0. The van der Waals surface area contributed by atoms with Gasteiger partial charge in [-0.15, -0.1) is 0 Å². The molecule has 0 aliphatic heterocycles. The minimum Gasteiger partial charge on any atom is -0.481 e. The van der Waals surface area contributed by atoms with Gasteiger partial charge in [-0.05, 0) is 63.1 Å². The summed E-state index contributed by atoms with van der Waals surface area (Å²) in [5, 5.41) is 19.6. The summed E-state index contributed by atoms with van der Waals surface area (Å²) in [5.41, 5.74) is 0.946. The molecule has 162 valence electrons. The Morgan fingerprint density at radius 2 is 1.79 bits per heavy atom. The van der Waals surface area contributed by atoms with Gasteiger partial charge in [0.15, 0.2) is 8.32 Å². The Morgan fingerprint density at radius 1 is 1.18 bits per heavy atom. The first-order valence-electron chi connectivity index (χ1n) is 11.1. The summed E-state index contributed by atoms with van der Waals surface area (Å²) in [6.07, 6.45) is 10.2. The van der Waals surface area contributed by atoms with Crippen molar-refractivity contribution < 1.29 is 19.4 Å². The van der Waals surface area contributed by atoms with Crippen LogP contribution in [-0.4, -0.2) is 36.2 Å². The molecule has 0 spiro atoms. The molecule has 5 heteroatoms. The third kappa shape index (κ3) is 5.70. The molecule has 2 aliphatic rings. The second-order valence-electron chi connectivity index (χ2n) is 10.8. The standard InChI is InChI=1S/C23H42O4Si/c1-22(2,3)28(5,6)27-23(4,18-10-8-7-9-11-18)15-14-17-12-13-20(24)19(17)16-21(25)26/h12,18-20,24H,7-11,13-16H2,1-6H3,(H,25,26). The second kappa shape index (κ2) is 9.01. The number of carboxylic acids is 1. The van der Waals surface area contributed by atoms with Gasteiger partial charge in [-0.25, -0.2) is 0 Å². The Balaban J connectivity index is 2.17. The summed E-state index contributed by atoms with van der Waals surface area (Å²) < 4.78 is 7.07. The molecule has 0 amide bonds. The van der Waals surface area contributed by atoms with Crippen molar-refractivity contribution in [1.82, 2.24) is 0 Å². The molecule has 3 unspecified atom stereocenters. The van der Waals surface area contributed by atoms with E-state index in [1.807, 2.05) is 0 Å². The number of aliphatic carboxylic acids is 1. The Morgan fingerprint density at radius 3 is 2.32 bits per heavy atom. The molecule has 1 saturated carbocycles. The number of rotatable bonds is 8. The lowest BCUT2D eigenvalue weighted by molar-refractivity contribution is -0.138. The van der Waals surface area contributed by atoms with Gasteiger partial charge in [-0.3, -0.25) is 4.79 Å². The zero-order valence-corrected chi connectivity index (χ0v) is 19.9. The number of aliphatic hydroxyl groups is 1. The lowest BCUT2D eigenvalue weighted by Crippen LogP contribution is -2.52. The molecule has 0 aromatic carbocycles. The largest absolute Gasteiger partial charge is 0.481 e. The minimum atomic E-state index is -1.92. The van der Waals surface area contributed by atoms with Gasteiger partial charge >= 0.3 is 5.97 Å². The highest BCUT2D eigenvalue weighted by atomic mass is 28.4. The summed E-state index contributed by atoms with van der Waals surface area (Å²) in [5.74, 6) is -0.495. The minimum absolute atomic E-state index is 0.0240.